The Morgan fingerprint density at radius 3 is 2.67 bits per heavy atom. The number of ether oxygens (including phenoxy) is 1. The number of cyclic esters (lactones) is 1. The van der Waals surface area contributed by atoms with Gasteiger partial charge in [0.2, 0.25) is 0 Å². The van der Waals surface area contributed by atoms with Crippen LogP contribution >= 0.6 is 23.2 Å². The van der Waals surface area contributed by atoms with Crippen LogP contribution in [-0.2, 0) is 9.53 Å². The minimum atomic E-state index is -0.170. The first-order valence-electron chi connectivity index (χ1n) is 3.83. The lowest BCUT2D eigenvalue weighted by molar-refractivity contribution is -0.157. The van der Waals surface area contributed by atoms with Crippen molar-refractivity contribution in [2.45, 2.75) is 12.8 Å². The molecule has 2 nitrogen and oxygen atoms in total. The van der Waals surface area contributed by atoms with Gasteiger partial charge in [0.05, 0.1) is 0 Å². The molecular formula is C8H10Cl2O2. The van der Waals surface area contributed by atoms with Crippen molar-refractivity contribution in [3.63, 3.8) is 0 Å². The summed E-state index contributed by atoms with van der Waals surface area (Å²) in [5.41, 5.74) is 0. The molecule has 12 heavy (non-hydrogen) atoms. The molecule has 1 atom stereocenters. The van der Waals surface area contributed by atoms with Crippen molar-refractivity contribution in [1.82, 2.24) is 0 Å². The molecule has 1 fully saturated rings. The van der Waals surface area contributed by atoms with Gasteiger partial charge in [-0.3, -0.25) is 4.79 Å². The first-order valence-corrected chi connectivity index (χ1v) is 4.90. The largest absolute Gasteiger partial charge is 0.430 e. The maximum absolute atomic E-state index is 10.8. The van der Waals surface area contributed by atoms with Crippen LogP contribution in [0.15, 0.2) is 11.8 Å². The summed E-state index contributed by atoms with van der Waals surface area (Å²) in [6, 6.07) is 0. The summed E-state index contributed by atoms with van der Waals surface area (Å²) < 4.78 is 4.81. The minimum absolute atomic E-state index is 0.106. The molecule has 0 radical (unpaired) electrons. The molecule has 0 aliphatic carbocycles. The van der Waals surface area contributed by atoms with E-state index in [-0.39, 0.29) is 11.9 Å². The second-order valence-electron chi connectivity index (χ2n) is 2.54. The average Bonchev–Trinajstić information content (AvgIpc) is 2.08. The van der Waals surface area contributed by atoms with Crippen LogP contribution in [0.25, 0.3) is 0 Å². The van der Waals surface area contributed by atoms with Crippen molar-refractivity contribution in [3.8, 4) is 0 Å². The number of carbonyl (C=O) groups is 1. The molecular weight excluding hydrogens is 199 g/mol. The topological polar surface area (TPSA) is 26.3 Å². The molecule has 1 aliphatic rings. The Morgan fingerprint density at radius 1 is 1.42 bits per heavy atom. The van der Waals surface area contributed by atoms with Crippen molar-refractivity contribution >= 4 is 29.2 Å². The van der Waals surface area contributed by atoms with Crippen LogP contribution in [0.3, 0.4) is 0 Å². The summed E-state index contributed by atoms with van der Waals surface area (Å²) in [5, 5.41) is 0. The third-order valence-corrected chi connectivity index (χ3v) is 2.14. The van der Waals surface area contributed by atoms with Gasteiger partial charge in [0, 0.05) is 11.8 Å². The highest BCUT2D eigenvalue weighted by Crippen LogP contribution is 2.30. The molecule has 0 aromatic carbocycles. The van der Waals surface area contributed by atoms with Crippen LogP contribution in [-0.4, -0.2) is 17.7 Å². The Bertz CT molecular complexity index is 201. The van der Waals surface area contributed by atoms with Gasteiger partial charge in [0.1, 0.15) is 11.7 Å². The minimum Gasteiger partial charge on any atom is -0.430 e. The predicted octanol–water partition coefficient (Wildman–Crippen LogP) is 2.30. The zero-order valence-corrected chi connectivity index (χ0v) is 8.07. The van der Waals surface area contributed by atoms with Gasteiger partial charge >= 0.3 is 5.97 Å². The fourth-order valence-corrected chi connectivity index (χ4v) is 1.39. The lowest BCUT2D eigenvalue weighted by Crippen LogP contribution is -2.32. The quantitative estimate of drug-likeness (QED) is 0.524. The van der Waals surface area contributed by atoms with Gasteiger partial charge in [-0.25, -0.2) is 0 Å². The van der Waals surface area contributed by atoms with E-state index in [2.05, 4.69) is 0 Å². The molecule has 0 aromatic heterocycles. The molecule has 1 unspecified atom stereocenters. The molecule has 0 amide bonds. The number of carbonyl (C=O) groups excluding carboxylic acids is 1. The molecule has 1 saturated heterocycles. The van der Waals surface area contributed by atoms with Crippen LogP contribution in [0.4, 0.5) is 0 Å². The number of halogens is 2. The molecule has 4 heteroatoms. The number of esters is 1. The Hall–Kier alpha value is -0.210. The second kappa shape index (κ2) is 4.73. The maximum atomic E-state index is 10.8. The van der Waals surface area contributed by atoms with Gasteiger partial charge in [-0.15, -0.1) is 23.2 Å². The normalized spacial score (nSPS) is 25.3. The Kier molecular flexibility index (Phi) is 3.89. The number of hydrogen-bond acceptors (Lipinski definition) is 2. The molecule has 1 rings (SSSR count). The highest BCUT2D eigenvalue weighted by atomic mass is 35.5. The van der Waals surface area contributed by atoms with Crippen molar-refractivity contribution in [3.05, 3.63) is 11.8 Å². The van der Waals surface area contributed by atoms with Crippen LogP contribution in [0, 0.1) is 5.92 Å². The summed E-state index contributed by atoms with van der Waals surface area (Å²) >= 11 is 11.0. The zero-order valence-electron chi connectivity index (χ0n) is 6.56. The Labute approximate surface area is 81.5 Å². The summed E-state index contributed by atoms with van der Waals surface area (Å²) in [6.45, 7) is 0. The SMILES string of the molecule is O=C1O/C(=C\CCCl)C1CCCl. The van der Waals surface area contributed by atoms with E-state index in [1.54, 1.807) is 0 Å². The first-order chi connectivity index (χ1) is 5.79. The number of hydrogen-bond donors (Lipinski definition) is 0. The van der Waals surface area contributed by atoms with Crippen LogP contribution in [0.2, 0.25) is 0 Å². The van der Waals surface area contributed by atoms with Gasteiger partial charge in [-0.05, 0) is 18.9 Å². The Balaban J connectivity index is 2.42. The second-order valence-corrected chi connectivity index (χ2v) is 3.29. The molecule has 0 saturated carbocycles. The molecule has 0 bridgehead atoms. The van der Waals surface area contributed by atoms with Crippen LogP contribution in [0.1, 0.15) is 12.8 Å². The summed E-state index contributed by atoms with van der Waals surface area (Å²) in [6.07, 6.45) is 3.25. The predicted molar refractivity (Wildman–Crippen MR) is 48.3 cm³/mol. The van der Waals surface area contributed by atoms with E-state index in [9.17, 15) is 4.79 Å². The molecule has 1 aliphatic heterocycles. The van der Waals surface area contributed by atoms with Crippen molar-refractivity contribution in [2.24, 2.45) is 5.92 Å². The van der Waals surface area contributed by atoms with Crippen molar-refractivity contribution < 1.29 is 9.53 Å². The summed E-state index contributed by atoms with van der Waals surface area (Å²) in [5.74, 6) is 1.50. The smallest absolute Gasteiger partial charge is 0.321 e. The van der Waals surface area contributed by atoms with Crippen molar-refractivity contribution in [2.75, 3.05) is 11.8 Å². The molecule has 1 heterocycles. The summed E-state index contributed by atoms with van der Waals surface area (Å²) in [4.78, 5) is 10.8. The van der Waals surface area contributed by atoms with E-state index >= 15 is 0 Å². The Morgan fingerprint density at radius 2 is 2.17 bits per heavy atom. The van der Waals surface area contributed by atoms with Gasteiger partial charge in [0.15, 0.2) is 0 Å². The third kappa shape index (κ3) is 2.14. The highest BCUT2D eigenvalue weighted by molar-refractivity contribution is 6.18. The monoisotopic (exact) mass is 208 g/mol. The van der Waals surface area contributed by atoms with Crippen LogP contribution in [0.5, 0.6) is 0 Å². The lowest BCUT2D eigenvalue weighted by atomic mass is 9.99. The van der Waals surface area contributed by atoms with Crippen molar-refractivity contribution in [1.29, 1.82) is 0 Å². The van der Waals surface area contributed by atoms with Gasteiger partial charge in [-0.2, -0.15) is 0 Å². The number of rotatable bonds is 4. The first kappa shape index (κ1) is 9.87. The molecule has 68 valence electrons. The van der Waals surface area contributed by atoms with E-state index in [1.165, 1.54) is 0 Å². The molecule has 0 spiro atoms. The van der Waals surface area contributed by atoms with Gasteiger partial charge in [-0.1, -0.05) is 0 Å². The lowest BCUT2D eigenvalue weighted by Gasteiger charge is -2.27. The zero-order chi connectivity index (χ0) is 8.97. The number of alkyl halides is 2. The molecule has 0 N–H and O–H groups in total. The maximum Gasteiger partial charge on any atom is 0.321 e. The van der Waals surface area contributed by atoms with E-state index < -0.39 is 0 Å². The summed E-state index contributed by atoms with van der Waals surface area (Å²) in [7, 11) is 0. The van der Waals surface area contributed by atoms with E-state index in [4.69, 9.17) is 27.9 Å². The van der Waals surface area contributed by atoms with E-state index in [0.29, 0.717) is 18.2 Å². The van der Waals surface area contributed by atoms with Gasteiger partial charge in [0.25, 0.3) is 0 Å². The average molecular weight is 209 g/mol. The fourth-order valence-electron chi connectivity index (χ4n) is 1.07. The highest BCUT2D eigenvalue weighted by Gasteiger charge is 2.36. The standard InChI is InChI=1S/C8H10Cl2O2/c9-4-1-2-7-6(3-5-10)8(11)12-7/h2,6H,1,3-5H2/b7-2-. The number of allylic oxidation sites excluding steroid dienone is 1. The van der Waals surface area contributed by atoms with E-state index in [0.717, 1.165) is 12.2 Å². The van der Waals surface area contributed by atoms with Crippen LogP contribution < -0.4 is 0 Å². The molecule has 0 aromatic rings. The van der Waals surface area contributed by atoms with Gasteiger partial charge < -0.3 is 4.74 Å². The third-order valence-electron chi connectivity index (χ3n) is 1.70. The fraction of sp³-hybridized carbons (Fsp3) is 0.625. The van der Waals surface area contributed by atoms with E-state index in [1.807, 2.05) is 6.08 Å².